The maximum absolute atomic E-state index is 11.7. The normalized spacial score (nSPS) is 10.8. The van der Waals surface area contributed by atoms with Crippen molar-refractivity contribution in [3.63, 3.8) is 0 Å². The first-order chi connectivity index (χ1) is 6.01. The molecule has 0 aliphatic heterocycles. The Bertz CT molecular complexity index is 263. The Morgan fingerprint density at radius 3 is 2.38 bits per heavy atom. The zero-order valence-corrected chi connectivity index (χ0v) is 6.90. The first-order valence-corrected chi connectivity index (χ1v) is 3.70. The molecule has 0 heterocycles. The Hall–Kier alpha value is -1.37. The molecule has 1 aromatic carbocycles. The zero-order chi connectivity index (χ0) is 9.90. The Labute approximate surface area is 74.1 Å². The zero-order valence-electron chi connectivity index (χ0n) is 6.90. The molecule has 4 heteroatoms. The molecule has 0 saturated carbocycles. The molecule has 0 radical (unpaired) electrons. The van der Waals surface area contributed by atoms with Crippen molar-refractivity contribution in [2.24, 2.45) is 0 Å². The highest BCUT2D eigenvalue weighted by Gasteiger charge is 2.31. The third-order valence-corrected chi connectivity index (χ3v) is 1.39. The van der Waals surface area contributed by atoms with Gasteiger partial charge in [0.1, 0.15) is 0 Å². The summed E-state index contributed by atoms with van der Waals surface area (Å²) in [6, 6.07) is 7.59. The van der Waals surface area contributed by atoms with Crippen molar-refractivity contribution in [3.05, 3.63) is 29.8 Å². The van der Waals surface area contributed by atoms with Crippen molar-refractivity contribution in [3.8, 4) is 5.75 Å². The first-order valence-electron chi connectivity index (χ1n) is 3.70. The van der Waals surface area contributed by atoms with Crippen LogP contribution in [0.25, 0.3) is 0 Å². The topological polar surface area (TPSA) is 9.23 Å². The van der Waals surface area contributed by atoms with Gasteiger partial charge in [0.15, 0.2) is 5.75 Å². The molecule has 0 atom stereocenters. The summed E-state index contributed by atoms with van der Waals surface area (Å²) >= 11 is 0. The lowest BCUT2D eigenvalue weighted by molar-refractivity contribution is -0.274. The van der Waals surface area contributed by atoms with Gasteiger partial charge in [-0.2, -0.15) is 0 Å². The number of hydrogen-bond acceptors (Lipinski definition) is 1. The van der Waals surface area contributed by atoms with Gasteiger partial charge in [-0.1, -0.05) is 13.0 Å². The van der Waals surface area contributed by atoms with Crippen LogP contribution in [0.15, 0.2) is 12.1 Å². The van der Waals surface area contributed by atoms with E-state index in [4.69, 9.17) is 0 Å². The summed E-state index contributed by atoms with van der Waals surface area (Å²) in [5, 5.41) is 0. The summed E-state index contributed by atoms with van der Waals surface area (Å²) in [5.41, 5.74) is 0.800. The lowest BCUT2D eigenvalue weighted by Gasteiger charge is -2.05. The first kappa shape index (κ1) is 9.72. The maximum atomic E-state index is 11.7. The van der Waals surface area contributed by atoms with Crippen molar-refractivity contribution in [2.75, 3.05) is 0 Å². The van der Waals surface area contributed by atoms with Gasteiger partial charge in [-0.05, 0) is 24.6 Å². The minimum absolute atomic E-state index is 0.357. The van der Waals surface area contributed by atoms with Crippen LogP contribution in [0.5, 0.6) is 5.75 Å². The lowest BCUT2D eigenvalue weighted by atomic mass is 10.2. The SMILES string of the molecule is CCc1c#cc(OC(F)(F)F)cc1. The second-order valence-corrected chi connectivity index (χ2v) is 2.37. The van der Waals surface area contributed by atoms with Gasteiger partial charge in [-0.25, -0.2) is 0 Å². The smallest absolute Gasteiger partial charge is 0.397 e. The van der Waals surface area contributed by atoms with Crippen LogP contribution in [-0.2, 0) is 6.42 Å². The van der Waals surface area contributed by atoms with Gasteiger partial charge >= 0.3 is 6.36 Å². The van der Waals surface area contributed by atoms with Crippen LogP contribution in [0.2, 0.25) is 0 Å². The molecular weight excluding hydrogens is 181 g/mol. The summed E-state index contributed by atoms with van der Waals surface area (Å²) in [7, 11) is 0. The molecule has 1 nitrogen and oxygen atoms in total. The number of halogens is 3. The van der Waals surface area contributed by atoms with Crippen molar-refractivity contribution >= 4 is 0 Å². The minimum Gasteiger partial charge on any atom is -0.397 e. The molecule has 1 rings (SSSR count). The summed E-state index contributed by atoms with van der Waals surface area (Å²) in [4.78, 5) is 0. The van der Waals surface area contributed by atoms with E-state index in [1.54, 1.807) is 0 Å². The van der Waals surface area contributed by atoms with Crippen molar-refractivity contribution < 1.29 is 17.9 Å². The van der Waals surface area contributed by atoms with Crippen LogP contribution in [0.1, 0.15) is 12.5 Å². The molecule has 70 valence electrons. The predicted molar refractivity (Wildman–Crippen MR) is 40.2 cm³/mol. The van der Waals surface area contributed by atoms with E-state index < -0.39 is 6.36 Å². The molecule has 0 fully saturated rings. The quantitative estimate of drug-likeness (QED) is 0.693. The fourth-order valence-electron chi connectivity index (χ4n) is 0.792. The van der Waals surface area contributed by atoms with Crippen LogP contribution in [-0.4, -0.2) is 6.36 Å². The summed E-state index contributed by atoms with van der Waals surface area (Å²) in [6.45, 7) is 1.88. The predicted octanol–water partition coefficient (Wildman–Crippen LogP) is 2.75. The van der Waals surface area contributed by atoms with Gasteiger partial charge in [-0.15, -0.1) is 13.2 Å². The Balaban J connectivity index is 2.70. The molecule has 0 bridgehead atoms. The average Bonchev–Trinajstić information content (AvgIpc) is 2.03. The molecule has 0 aliphatic rings. The number of alkyl halides is 3. The third-order valence-electron chi connectivity index (χ3n) is 1.39. The van der Waals surface area contributed by atoms with Crippen molar-refractivity contribution in [1.29, 1.82) is 0 Å². The molecule has 0 spiro atoms. The molecular formula is C9H7F3O. The van der Waals surface area contributed by atoms with Gasteiger partial charge in [0.05, 0.1) is 0 Å². The van der Waals surface area contributed by atoms with Gasteiger partial charge in [0, 0.05) is 5.56 Å². The van der Waals surface area contributed by atoms with E-state index in [1.807, 2.05) is 6.92 Å². The molecule has 0 amide bonds. The van der Waals surface area contributed by atoms with E-state index in [1.165, 1.54) is 12.1 Å². The molecule has 13 heavy (non-hydrogen) atoms. The fourth-order valence-corrected chi connectivity index (χ4v) is 0.792. The van der Waals surface area contributed by atoms with Gasteiger partial charge in [-0.3, -0.25) is 0 Å². The Morgan fingerprint density at radius 2 is 2.00 bits per heavy atom. The highest BCUT2D eigenvalue weighted by molar-refractivity contribution is 5.20. The van der Waals surface area contributed by atoms with Crippen LogP contribution in [0, 0.1) is 12.1 Å². The average molecular weight is 188 g/mol. The monoisotopic (exact) mass is 188 g/mol. The number of aryl methyl sites for hydroxylation is 1. The van der Waals surface area contributed by atoms with Crippen molar-refractivity contribution in [1.82, 2.24) is 0 Å². The number of hydrogen-bond donors (Lipinski definition) is 0. The van der Waals surface area contributed by atoms with E-state index in [0.29, 0.717) is 6.42 Å². The van der Waals surface area contributed by atoms with Crippen LogP contribution in [0.3, 0.4) is 0 Å². The van der Waals surface area contributed by atoms with E-state index in [-0.39, 0.29) is 5.75 Å². The molecule has 0 aromatic heterocycles. The maximum Gasteiger partial charge on any atom is 0.573 e. The van der Waals surface area contributed by atoms with E-state index >= 15 is 0 Å². The van der Waals surface area contributed by atoms with Crippen LogP contribution in [0.4, 0.5) is 13.2 Å². The van der Waals surface area contributed by atoms with Crippen LogP contribution < -0.4 is 4.74 Å². The third kappa shape index (κ3) is 3.24. The minimum atomic E-state index is -4.65. The molecule has 0 aliphatic carbocycles. The largest absolute Gasteiger partial charge is 0.573 e. The van der Waals surface area contributed by atoms with Gasteiger partial charge < -0.3 is 4.74 Å². The molecule has 1 aromatic rings. The van der Waals surface area contributed by atoms with Crippen LogP contribution >= 0.6 is 0 Å². The highest BCUT2D eigenvalue weighted by atomic mass is 19.4. The van der Waals surface area contributed by atoms with E-state index in [2.05, 4.69) is 16.9 Å². The second kappa shape index (κ2) is 3.56. The number of ether oxygens (including phenoxy) is 1. The number of rotatable bonds is 2. The summed E-state index contributed by atoms with van der Waals surface area (Å²) < 4.78 is 38.6. The molecule has 0 N–H and O–H groups in total. The molecule has 0 unspecified atom stereocenters. The highest BCUT2D eigenvalue weighted by Crippen LogP contribution is 2.20. The van der Waals surface area contributed by atoms with E-state index in [9.17, 15) is 13.2 Å². The second-order valence-electron chi connectivity index (χ2n) is 2.37. The van der Waals surface area contributed by atoms with Crippen molar-refractivity contribution in [2.45, 2.75) is 19.7 Å². The summed E-state index contributed by atoms with van der Waals surface area (Å²) in [5.74, 6) is -0.357. The lowest BCUT2D eigenvalue weighted by Crippen LogP contribution is -2.16. The van der Waals surface area contributed by atoms with Gasteiger partial charge in [0.2, 0.25) is 0 Å². The Kier molecular flexibility index (Phi) is 2.66. The summed E-state index contributed by atoms with van der Waals surface area (Å²) in [6.07, 6.45) is -3.94. The fraction of sp³-hybridized carbons (Fsp3) is 0.333. The van der Waals surface area contributed by atoms with Gasteiger partial charge in [0.25, 0.3) is 0 Å². The molecule has 0 saturated heterocycles. The van der Waals surface area contributed by atoms with E-state index in [0.717, 1.165) is 5.56 Å². The standard InChI is InChI=1S/C9H7F3O/c1-2-7-3-5-8(6-4-7)13-9(10,11)12/h3,5H,2H2,1H3. The Morgan fingerprint density at radius 1 is 1.31 bits per heavy atom.